The molecule has 2 rings (SSSR count). The highest BCUT2D eigenvalue weighted by molar-refractivity contribution is 7.89. The van der Waals surface area contributed by atoms with E-state index in [9.17, 15) is 21.6 Å². The molecule has 0 bridgehead atoms. The highest BCUT2D eigenvalue weighted by atomic mass is 32.2. The largest absolute Gasteiger partial charge is 0.308 e. The van der Waals surface area contributed by atoms with Crippen molar-refractivity contribution in [1.29, 1.82) is 0 Å². The zero-order valence-corrected chi connectivity index (χ0v) is 17.5. The fourth-order valence-corrected chi connectivity index (χ4v) is 5.19. The van der Waals surface area contributed by atoms with Gasteiger partial charge < -0.3 is 0 Å². The van der Waals surface area contributed by atoms with Gasteiger partial charge in [0.05, 0.1) is 12.0 Å². The Morgan fingerprint density at radius 3 is 2.30 bits per heavy atom. The second-order valence-corrected chi connectivity index (χ2v) is 10.7. The second kappa shape index (κ2) is 7.61. The lowest BCUT2D eigenvalue weighted by molar-refractivity contribution is -0.128. The summed E-state index contributed by atoms with van der Waals surface area (Å²) in [5, 5.41) is 0. The summed E-state index contributed by atoms with van der Waals surface area (Å²) in [6, 6.07) is 7.67. The molecule has 10 heteroatoms. The van der Waals surface area contributed by atoms with E-state index in [4.69, 9.17) is 0 Å². The Hall–Kier alpha value is -1.91. The summed E-state index contributed by atoms with van der Waals surface area (Å²) in [4.78, 5) is 12.7. The molecule has 8 nitrogen and oxygen atoms in total. The molecular formula is C17H25N3O5S2. The molecule has 0 spiro atoms. The number of benzene rings is 1. The number of amides is 1. The first-order valence-corrected chi connectivity index (χ1v) is 11.6. The normalized spacial score (nSPS) is 20.3. The highest BCUT2D eigenvalue weighted by Crippen LogP contribution is 2.29. The van der Waals surface area contributed by atoms with Gasteiger partial charge in [0, 0.05) is 7.05 Å². The van der Waals surface area contributed by atoms with Gasteiger partial charge in [0.1, 0.15) is 12.7 Å². The molecule has 1 unspecified atom stereocenters. The Labute approximate surface area is 161 Å². The number of carbonyl (C=O) groups is 1. The van der Waals surface area contributed by atoms with Crippen LogP contribution in [0.5, 0.6) is 0 Å². The molecule has 1 fully saturated rings. The number of hydrogen-bond acceptors (Lipinski definition) is 5. The van der Waals surface area contributed by atoms with Crippen LogP contribution in [0.25, 0.3) is 5.70 Å². The number of hydrogen-bond donors (Lipinski definition) is 0. The first-order valence-electron chi connectivity index (χ1n) is 8.39. The number of likely N-dealkylation sites (N-methyl/N-ethyl adjacent to an activating group) is 1. The van der Waals surface area contributed by atoms with Gasteiger partial charge in [-0.3, -0.25) is 9.10 Å². The molecule has 1 aromatic rings. The molecular weight excluding hydrogens is 390 g/mol. The van der Waals surface area contributed by atoms with Crippen molar-refractivity contribution in [3.63, 3.8) is 0 Å². The molecule has 0 aliphatic carbocycles. The number of carbonyl (C=O) groups excluding carboxylic acids is 1. The molecule has 0 saturated carbocycles. The van der Waals surface area contributed by atoms with Crippen molar-refractivity contribution in [2.75, 3.05) is 20.0 Å². The molecule has 0 N–H and O–H groups in total. The fraction of sp³-hybridized carbons (Fsp3) is 0.471. The lowest BCUT2D eigenvalue weighted by atomic mass is 10.0. The average molecular weight is 416 g/mol. The van der Waals surface area contributed by atoms with Crippen molar-refractivity contribution in [2.45, 2.75) is 26.3 Å². The van der Waals surface area contributed by atoms with Gasteiger partial charge in [0.25, 0.3) is 5.91 Å². The zero-order valence-electron chi connectivity index (χ0n) is 15.9. The third-order valence-corrected chi connectivity index (χ3v) is 7.34. The summed E-state index contributed by atoms with van der Waals surface area (Å²) in [7, 11) is -6.65. The van der Waals surface area contributed by atoms with Crippen LogP contribution in [0.3, 0.4) is 0 Å². The van der Waals surface area contributed by atoms with Gasteiger partial charge in [-0.15, -0.1) is 0 Å². The minimum atomic E-state index is -4.11. The Morgan fingerprint density at radius 2 is 1.81 bits per heavy atom. The molecule has 0 radical (unpaired) electrons. The summed E-state index contributed by atoms with van der Waals surface area (Å²) in [5.74, 6) is -0.539. The summed E-state index contributed by atoms with van der Waals surface area (Å²) >= 11 is 0. The summed E-state index contributed by atoms with van der Waals surface area (Å²) < 4.78 is 52.5. The third kappa shape index (κ3) is 4.33. The van der Waals surface area contributed by atoms with E-state index in [0.29, 0.717) is 16.3 Å². The Bertz CT molecular complexity index is 927. The Morgan fingerprint density at radius 1 is 1.26 bits per heavy atom. The van der Waals surface area contributed by atoms with Gasteiger partial charge in [-0.2, -0.15) is 12.7 Å². The van der Waals surface area contributed by atoms with E-state index in [1.807, 2.05) is 13.8 Å². The molecule has 0 aromatic heterocycles. The van der Waals surface area contributed by atoms with Crippen LogP contribution in [0.2, 0.25) is 0 Å². The summed E-state index contributed by atoms with van der Waals surface area (Å²) in [5.41, 5.74) is 0.607. The quantitative estimate of drug-likeness (QED) is 0.669. The van der Waals surface area contributed by atoms with Crippen molar-refractivity contribution in [1.82, 2.24) is 12.9 Å². The maximum absolute atomic E-state index is 12.7. The lowest BCUT2D eigenvalue weighted by Gasteiger charge is -2.28. The van der Waals surface area contributed by atoms with Gasteiger partial charge in [-0.05, 0) is 17.9 Å². The van der Waals surface area contributed by atoms with Gasteiger partial charge in [0.15, 0.2) is 0 Å². The van der Waals surface area contributed by atoms with Crippen molar-refractivity contribution >= 4 is 31.8 Å². The first-order chi connectivity index (χ1) is 12.4. The van der Waals surface area contributed by atoms with E-state index in [1.54, 1.807) is 30.3 Å². The summed E-state index contributed by atoms with van der Waals surface area (Å²) in [6.45, 7) is 6.92. The lowest BCUT2D eigenvalue weighted by Crippen LogP contribution is -2.43. The second-order valence-electron chi connectivity index (χ2n) is 6.92. The van der Waals surface area contributed by atoms with Crippen LogP contribution in [0, 0.1) is 5.92 Å². The van der Waals surface area contributed by atoms with Gasteiger partial charge in [-0.25, -0.2) is 12.7 Å². The van der Waals surface area contributed by atoms with Crippen LogP contribution in [-0.4, -0.2) is 61.7 Å². The Kier molecular flexibility index (Phi) is 6.03. The van der Waals surface area contributed by atoms with Crippen LogP contribution >= 0.6 is 0 Å². The molecule has 1 aromatic carbocycles. The third-order valence-electron chi connectivity index (χ3n) is 4.37. The minimum Gasteiger partial charge on any atom is -0.272 e. The molecule has 1 amide bonds. The topological polar surface area (TPSA) is 95.1 Å². The maximum atomic E-state index is 12.7. The maximum Gasteiger partial charge on any atom is 0.308 e. The standard InChI is InChI=1S/C17H25N3O5S2/c1-13(2)11-16-17(21)20(27(24,25)18(16)4)12-19(26(5,22)23)14(3)15-9-7-6-8-10-15/h6-10,13,16H,3,11-12H2,1-2,4-5H3. The number of sulfonamides is 1. The van der Waals surface area contributed by atoms with Crippen LogP contribution in [0.4, 0.5) is 0 Å². The molecule has 150 valence electrons. The minimum absolute atomic E-state index is 0.0936. The molecule has 1 heterocycles. The number of rotatable bonds is 7. The van der Waals surface area contributed by atoms with E-state index in [2.05, 4.69) is 6.58 Å². The van der Waals surface area contributed by atoms with E-state index in [1.165, 1.54) is 7.05 Å². The molecule has 1 aliphatic rings. The van der Waals surface area contributed by atoms with Crippen LogP contribution in [0.1, 0.15) is 25.8 Å². The molecule has 1 atom stereocenters. The van der Waals surface area contributed by atoms with E-state index >= 15 is 0 Å². The van der Waals surface area contributed by atoms with Crippen molar-refractivity contribution in [3.8, 4) is 0 Å². The van der Waals surface area contributed by atoms with E-state index in [-0.39, 0.29) is 11.6 Å². The summed E-state index contributed by atoms with van der Waals surface area (Å²) in [6.07, 6.45) is 1.30. The smallest absolute Gasteiger partial charge is 0.272 e. The van der Waals surface area contributed by atoms with Crippen LogP contribution in [-0.2, 0) is 25.0 Å². The predicted molar refractivity (Wildman–Crippen MR) is 104 cm³/mol. The average Bonchev–Trinajstić information content (AvgIpc) is 2.72. The Balaban J connectivity index is 2.40. The van der Waals surface area contributed by atoms with Gasteiger partial charge in [0.2, 0.25) is 10.0 Å². The fourth-order valence-electron chi connectivity index (χ4n) is 2.87. The molecule has 1 saturated heterocycles. The van der Waals surface area contributed by atoms with Gasteiger partial charge in [-0.1, -0.05) is 50.8 Å². The van der Waals surface area contributed by atoms with Crippen LogP contribution in [0.15, 0.2) is 36.9 Å². The SMILES string of the molecule is C=C(c1ccccc1)N(CN1C(=O)C(CC(C)C)N(C)S1(=O)=O)S(C)(=O)=O. The van der Waals surface area contributed by atoms with Crippen molar-refractivity contribution < 1.29 is 21.6 Å². The van der Waals surface area contributed by atoms with Crippen molar-refractivity contribution in [2.24, 2.45) is 5.92 Å². The van der Waals surface area contributed by atoms with E-state index in [0.717, 1.165) is 14.9 Å². The number of nitrogens with zero attached hydrogens (tertiary/aromatic N) is 3. The van der Waals surface area contributed by atoms with E-state index < -0.39 is 38.9 Å². The van der Waals surface area contributed by atoms with Crippen molar-refractivity contribution in [3.05, 3.63) is 42.5 Å². The first kappa shape index (κ1) is 21.4. The monoisotopic (exact) mass is 415 g/mol. The van der Waals surface area contributed by atoms with Gasteiger partial charge >= 0.3 is 10.2 Å². The zero-order chi connectivity index (χ0) is 20.6. The molecule has 1 aliphatic heterocycles. The molecule has 27 heavy (non-hydrogen) atoms. The predicted octanol–water partition coefficient (Wildman–Crippen LogP) is 1.31. The van der Waals surface area contributed by atoms with Crippen LogP contribution < -0.4 is 0 Å². The highest BCUT2D eigenvalue weighted by Gasteiger charge is 2.49.